The minimum atomic E-state index is -0.532. The van der Waals surface area contributed by atoms with Crippen molar-refractivity contribution in [1.29, 1.82) is 0 Å². The molecule has 5 rings (SSSR count). The van der Waals surface area contributed by atoms with E-state index in [4.69, 9.17) is 0 Å². The molecule has 0 saturated heterocycles. The highest BCUT2D eigenvalue weighted by Crippen LogP contribution is 2.27. The van der Waals surface area contributed by atoms with E-state index in [2.05, 4.69) is 15.3 Å². The van der Waals surface area contributed by atoms with Crippen LogP contribution in [0.3, 0.4) is 0 Å². The molecular weight excluding hydrogens is 434 g/mol. The van der Waals surface area contributed by atoms with Gasteiger partial charge in [0, 0.05) is 40.7 Å². The number of hydrogen-bond donors (Lipinski definition) is 2. The Morgan fingerprint density at radius 1 is 0.941 bits per heavy atom. The number of aromatic nitrogens is 3. The lowest BCUT2D eigenvalue weighted by Crippen LogP contribution is -2.11. The first-order chi connectivity index (χ1) is 16.5. The zero-order valence-corrected chi connectivity index (χ0v) is 17.6. The molecule has 0 atom stereocenters. The predicted molar refractivity (Wildman–Crippen MR) is 127 cm³/mol. The molecule has 0 bridgehead atoms. The number of nitrogens with one attached hydrogen (secondary N) is 1. The van der Waals surface area contributed by atoms with Crippen LogP contribution in [0.4, 0.5) is 11.4 Å². The average molecular weight is 451 g/mol. The molecular formula is C25H17N5O4. The van der Waals surface area contributed by atoms with Gasteiger partial charge in [0.1, 0.15) is 5.52 Å². The Labute approximate surface area is 193 Å². The SMILES string of the molecule is O=C(Nc1ccc(-c2nc3ccc([N+](=O)[O-])cc3n2O)cc1)c1ccc(-c2ccccn2)cc1. The van der Waals surface area contributed by atoms with Crippen molar-refractivity contribution in [3.8, 4) is 22.6 Å². The first-order valence-corrected chi connectivity index (χ1v) is 10.3. The standard InChI is InChI=1S/C25H17N5O4/c31-25(18-6-4-16(5-7-18)21-3-1-2-14-26-21)27-19-10-8-17(9-11-19)24-28-22-13-12-20(30(33)34)15-23(22)29(24)32/h1-15,32H,(H,27,31). The van der Waals surface area contributed by atoms with Crippen molar-refractivity contribution in [2.24, 2.45) is 0 Å². The van der Waals surface area contributed by atoms with Gasteiger partial charge in [-0.3, -0.25) is 19.9 Å². The van der Waals surface area contributed by atoms with Crippen LogP contribution < -0.4 is 5.32 Å². The lowest BCUT2D eigenvalue weighted by molar-refractivity contribution is -0.384. The van der Waals surface area contributed by atoms with Gasteiger partial charge in [-0.1, -0.05) is 18.2 Å². The van der Waals surface area contributed by atoms with Gasteiger partial charge in [0.15, 0.2) is 5.82 Å². The fraction of sp³-hybridized carbons (Fsp3) is 0. The second-order valence-corrected chi connectivity index (χ2v) is 7.50. The molecule has 2 N–H and O–H groups in total. The van der Waals surface area contributed by atoms with Crippen molar-refractivity contribution in [3.05, 3.63) is 107 Å². The minimum absolute atomic E-state index is 0.139. The summed E-state index contributed by atoms with van der Waals surface area (Å²) in [6.45, 7) is 0. The Morgan fingerprint density at radius 3 is 2.35 bits per heavy atom. The van der Waals surface area contributed by atoms with Crippen LogP contribution in [0.25, 0.3) is 33.7 Å². The summed E-state index contributed by atoms with van der Waals surface area (Å²) in [5.74, 6) is -0.0273. The molecule has 9 heteroatoms. The van der Waals surface area contributed by atoms with Crippen molar-refractivity contribution >= 4 is 28.3 Å². The summed E-state index contributed by atoms with van der Waals surface area (Å²) in [5, 5.41) is 24.3. The monoisotopic (exact) mass is 451 g/mol. The molecule has 166 valence electrons. The molecule has 0 aliphatic rings. The summed E-state index contributed by atoms with van der Waals surface area (Å²) in [6, 6.07) is 23.7. The lowest BCUT2D eigenvalue weighted by Gasteiger charge is -2.07. The van der Waals surface area contributed by atoms with Gasteiger partial charge in [0.05, 0.1) is 16.1 Å². The topological polar surface area (TPSA) is 123 Å². The highest BCUT2D eigenvalue weighted by Gasteiger charge is 2.16. The number of nitro groups is 1. The zero-order chi connectivity index (χ0) is 23.7. The third kappa shape index (κ3) is 3.93. The Balaban J connectivity index is 1.33. The first kappa shape index (κ1) is 20.8. The van der Waals surface area contributed by atoms with Gasteiger partial charge in [0.25, 0.3) is 11.6 Å². The molecule has 0 aliphatic carbocycles. The second-order valence-electron chi connectivity index (χ2n) is 7.50. The molecule has 1 amide bonds. The summed E-state index contributed by atoms with van der Waals surface area (Å²) in [4.78, 5) is 31.8. The number of hydrogen-bond acceptors (Lipinski definition) is 6. The number of benzene rings is 3. The third-order valence-electron chi connectivity index (χ3n) is 5.33. The van der Waals surface area contributed by atoms with E-state index in [-0.39, 0.29) is 22.9 Å². The van der Waals surface area contributed by atoms with Crippen molar-refractivity contribution < 1.29 is 14.9 Å². The lowest BCUT2D eigenvalue weighted by atomic mass is 10.1. The molecule has 0 saturated carbocycles. The van der Waals surface area contributed by atoms with Gasteiger partial charge in [-0.25, -0.2) is 4.98 Å². The first-order valence-electron chi connectivity index (χ1n) is 10.3. The van der Waals surface area contributed by atoms with Gasteiger partial charge in [-0.05, 0) is 54.6 Å². The Hall–Kier alpha value is -5.05. The summed E-state index contributed by atoms with van der Waals surface area (Å²) < 4.78 is 0.819. The number of carbonyl (C=O) groups is 1. The van der Waals surface area contributed by atoms with E-state index in [1.807, 2.05) is 30.3 Å². The van der Waals surface area contributed by atoms with Crippen LogP contribution >= 0.6 is 0 Å². The van der Waals surface area contributed by atoms with Gasteiger partial charge in [-0.15, -0.1) is 0 Å². The quantitative estimate of drug-likeness (QED) is 0.216. The average Bonchev–Trinajstić information content (AvgIpc) is 3.21. The van der Waals surface area contributed by atoms with Gasteiger partial charge in [-0.2, -0.15) is 4.73 Å². The molecule has 9 nitrogen and oxygen atoms in total. The summed E-state index contributed by atoms with van der Waals surface area (Å²) in [7, 11) is 0. The number of nitro benzene ring substituents is 1. The van der Waals surface area contributed by atoms with Crippen LogP contribution in [0.15, 0.2) is 91.1 Å². The number of carbonyl (C=O) groups excluding carboxylic acids is 1. The summed E-state index contributed by atoms with van der Waals surface area (Å²) in [6.07, 6.45) is 1.72. The molecule has 2 heterocycles. The molecule has 0 spiro atoms. The Kier molecular flexibility index (Phi) is 5.19. The Bertz CT molecular complexity index is 1510. The van der Waals surface area contributed by atoms with E-state index in [0.717, 1.165) is 16.0 Å². The maximum absolute atomic E-state index is 12.6. The fourth-order valence-corrected chi connectivity index (χ4v) is 3.58. The number of nitrogens with zero attached hydrogens (tertiary/aromatic N) is 4. The number of pyridine rings is 1. The molecule has 5 aromatic rings. The Morgan fingerprint density at radius 2 is 1.68 bits per heavy atom. The van der Waals surface area contributed by atoms with Crippen molar-refractivity contribution in [1.82, 2.24) is 14.7 Å². The fourth-order valence-electron chi connectivity index (χ4n) is 3.58. The maximum atomic E-state index is 12.6. The van der Waals surface area contributed by atoms with E-state index in [0.29, 0.717) is 22.3 Å². The van der Waals surface area contributed by atoms with Gasteiger partial charge < -0.3 is 10.5 Å². The molecule has 0 aliphatic heterocycles. The smallest absolute Gasteiger partial charge is 0.271 e. The summed E-state index contributed by atoms with van der Waals surface area (Å²) >= 11 is 0. The molecule has 34 heavy (non-hydrogen) atoms. The van der Waals surface area contributed by atoms with E-state index in [1.165, 1.54) is 18.2 Å². The van der Waals surface area contributed by atoms with Crippen molar-refractivity contribution in [3.63, 3.8) is 0 Å². The zero-order valence-electron chi connectivity index (χ0n) is 17.6. The van der Waals surface area contributed by atoms with Crippen LogP contribution in [0, 0.1) is 10.1 Å². The van der Waals surface area contributed by atoms with Crippen LogP contribution in [0.1, 0.15) is 10.4 Å². The van der Waals surface area contributed by atoms with E-state index in [1.54, 1.807) is 42.6 Å². The molecule has 2 aromatic heterocycles. The van der Waals surface area contributed by atoms with Crippen LogP contribution in [0.5, 0.6) is 0 Å². The van der Waals surface area contributed by atoms with Crippen molar-refractivity contribution in [2.75, 3.05) is 5.32 Å². The van der Waals surface area contributed by atoms with E-state index >= 15 is 0 Å². The molecule has 3 aromatic carbocycles. The normalized spacial score (nSPS) is 10.8. The number of fused-ring (bicyclic) bond motifs is 1. The van der Waals surface area contributed by atoms with Crippen LogP contribution in [-0.4, -0.2) is 30.7 Å². The third-order valence-corrected chi connectivity index (χ3v) is 5.33. The number of rotatable bonds is 5. The minimum Gasteiger partial charge on any atom is -0.426 e. The number of amides is 1. The number of anilines is 1. The van der Waals surface area contributed by atoms with Gasteiger partial charge >= 0.3 is 0 Å². The second kappa shape index (κ2) is 8.47. The summed E-state index contributed by atoms with van der Waals surface area (Å²) in [5.41, 5.74) is 3.92. The number of imidazole rings is 1. The van der Waals surface area contributed by atoms with Crippen LogP contribution in [0.2, 0.25) is 0 Å². The number of non-ortho nitro benzene ring substituents is 1. The highest BCUT2D eigenvalue weighted by atomic mass is 16.6. The maximum Gasteiger partial charge on any atom is 0.271 e. The molecule has 0 fully saturated rings. The molecule has 0 radical (unpaired) electrons. The van der Waals surface area contributed by atoms with Crippen molar-refractivity contribution in [2.45, 2.75) is 0 Å². The van der Waals surface area contributed by atoms with E-state index < -0.39 is 4.92 Å². The van der Waals surface area contributed by atoms with Crippen LogP contribution in [-0.2, 0) is 0 Å². The van der Waals surface area contributed by atoms with E-state index in [9.17, 15) is 20.1 Å². The van der Waals surface area contributed by atoms with Gasteiger partial charge in [0.2, 0.25) is 0 Å². The highest BCUT2D eigenvalue weighted by molar-refractivity contribution is 6.04. The molecule has 0 unspecified atom stereocenters. The largest absolute Gasteiger partial charge is 0.426 e. The predicted octanol–water partition coefficient (Wildman–Crippen LogP) is 5.16.